The van der Waals surface area contributed by atoms with Gasteiger partial charge in [-0.25, -0.2) is 4.68 Å². The Labute approximate surface area is 182 Å². The van der Waals surface area contributed by atoms with Gasteiger partial charge in [-0.2, -0.15) is 15.6 Å². The van der Waals surface area contributed by atoms with Crippen LogP contribution < -0.4 is 0 Å². The average Bonchev–Trinajstić information content (AvgIpc) is 3.13. The lowest BCUT2D eigenvalue weighted by molar-refractivity contribution is 0.0840. The van der Waals surface area contributed by atoms with Crippen molar-refractivity contribution in [3.8, 4) is 0 Å². The zero-order chi connectivity index (χ0) is 20.8. The molecule has 2 atom stereocenters. The Morgan fingerprint density at radius 3 is 2.77 bits per heavy atom. The number of hydrogen-bond acceptors (Lipinski definition) is 2. The van der Waals surface area contributed by atoms with E-state index in [1.54, 1.807) is 0 Å². The molecular weight excluding hydrogens is 388 g/mol. The van der Waals surface area contributed by atoms with E-state index in [9.17, 15) is 0 Å². The zero-order valence-electron chi connectivity index (χ0n) is 17.7. The summed E-state index contributed by atoms with van der Waals surface area (Å²) in [4.78, 5) is 0. The molecule has 1 heterocycles. The van der Waals surface area contributed by atoms with E-state index in [1.165, 1.54) is 22.0 Å². The molecule has 156 valence electrons. The number of nitrogens with zero attached hydrogens (tertiary/aromatic N) is 2. The third kappa shape index (κ3) is 5.18. The van der Waals surface area contributed by atoms with Gasteiger partial charge in [0.15, 0.2) is 0 Å². The molecule has 0 bridgehead atoms. The number of ether oxygens (including phenoxy) is 1. The monoisotopic (exact) mass is 418 g/mol. The second-order valence-electron chi connectivity index (χ2n) is 7.89. The van der Waals surface area contributed by atoms with Crippen LogP contribution in [0.25, 0.3) is 10.9 Å². The second kappa shape index (κ2) is 10.1. The molecule has 3 aromatic rings. The van der Waals surface area contributed by atoms with Crippen LogP contribution >= 0.6 is 10.5 Å². The number of allylic oxidation sites excluding steroid dienone is 4. The van der Waals surface area contributed by atoms with Gasteiger partial charge in [-0.3, -0.25) is 0 Å². The normalized spacial score (nSPS) is 16.9. The summed E-state index contributed by atoms with van der Waals surface area (Å²) in [5, 5.41) is 6.19. The van der Waals surface area contributed by atoms with Crippen LogP contribution in [-0.2, 0) is 24.3 Å². The predicted molar refractivity (Wildman–Crippen MR) is 131 cm³/mol. The lowest BCUT2D eigenvalue weighted by Crippen LogP contribution is -2.07. The molecule has 0 saturated heterocycles. The molecule has 3 nitrogen and oxygen atoms in total. The number of hydrogen-bond donors (Lipinski definition) is 0. The van der Waals surface area contributed by atoms with Crippen LogP contribution in [0.5, 0.6) is 0 Å². The first-order valence-electron chi connectivity index (χ1n) is 10.6. The number of rotatable bonds is 9. The highest BCUT2D eigenvalue weighted by molar-refractivity contribution is 8.13. The molecule has 0 N–H and O–H groups in total. The minimum atomic E-state index is 0.155. The van der Waals surface area contributed by atoms with E-state index in [1.807, 2.05) is 4.68 Å². The molecule has 2 aromatic carbocycles. The summed E-state index contributed by atoms with van der Waals surface area (Å²) in [6.45, 7) is 1.21. The minimum absolute atomic E-state index is 0.155. The Morgan fingerprint density at radius 1 is 1.13 bits per heavy atom. The molecule has 0 aliphatic heterocycles. The van der Waals surface area contributed by atoms with Crippen molar-refractivity contribution in [1.29, 1.82) is 0 Å². The fourth-order valence-corrected chi connectivity index (χ4v) is 4.26. The lowest BCUT2D eigenvalue weighted by atomic mass is 9.92. The van der Waals surface area contributed by atoms with Gasteiger partial charge in [0.2, 0.25) is 0 Å². The van der Waals surface area contributed by atoms with E-state index in [4.69, 9.17) is 9.84 Å². The molecule has 2 unspecified atom stereocenters. The fourth-order valence-electron chi connectivity index (χ4n) is 3.86. The van der Waals surface area contributed by atoms with Gasteiger partial charge in [-0.15, -0.1) is 0 Å². The Bertz CT molecular complexity index is 1070. The molecule has 4 rings (SSSR count). The number of aryl methyl sites for hydroxylation is 2. The van der Waals surface area contributed by atoms with Crippen LogP contribution in [0.3, 0.4) is 0 Å². The predicted octanol–water partition coefficient (Wildman–Crippen LogP) is 5.73. The van der Waals surface area contributed by atoms with Gasteiger partial charge >= 0.3 is 0 Å². The zero-order valence-corrected chi connectivity index (χ0v) is 18.5. The number of aromatic nitrogens is 2. The van der Waals surface area contributed by atoms with Crippen LogP contribution in [0.15, 0.2) is 72.8 Å². The Kier molecular flexibility index (Phi) is 6.98. The maximum absolute atomic E-state index is 5.94. The quantitative estimate of drug-likeness (QED) is 0.328. The summed E-state index contributed by atoms with van der Waals surface area (Å²) in [5.74, 6) is 5.49. The van der Waals surface area contributed by atoms with Crippen molar-refractivity contribution in [2.75, 3.05) is 18.6 Å². The van der Waals surface area contributed by atoms with Crippen LogP contribution in [0, 0.1) is 0 Å². The van der Waals surface area contributed by atoms with E-state index < -0.39 is 0 Å². The van der Waals surface area contributed by atoms with Gasteiger partial charge in [-0.05, 0) is 42.7 Å². The number of benzene rings is 2. The lowest BCUT2D eigenvalue weighted by Gasteiger charge is -2.14. The highest BCUT2D eigenvalue weighted by Gasteiger charge is 2.15. The van der Waals surface area contributed by atoms with Gasteiger partial charge in [0.25, 0.3) is 0 Å². The van der Waals surface area contributed by atoms with Crippen LogP contribution in [0.1, 0.15) is 29.2 Å². The highest BCUT2D eigenvalue weighted by atomic mass is 32.2. The van der Waals surface area contributed by atoms with Crippen LogP contribution in [0.2, 0.25) is 0 Å². The molecule has 4 heteroatoms. The summed E-state index contributed by atoms with van der Waals surface area (Å²) in [6, 6.07) is 17.5. The van der Waals surface area contributed by atoms with E-state index in [-0.39, 0.29) is 10.5 Å². The van der Waals surface area contributed by atoms with E-state index in [0.717, 1.165) is 37.3 Å². The first-order valence-corrected chi connectivity index (χ1v) is 12.5. The molecule has 1 aliphatic carbocycles. The largest absolute Gasteiger partial charge is 0.358 e. The molecule has 0 fully saturated rings. The Hall–Kier alpha value is -2.43. The third-order valence-corrected chi connectivity index (χ3v) is 6.41. The van der Waals surface area contributed by atoms with E-state index >= 15 is 0 Å². The first kappa shape index (κ1) is 20.8. The van der Waals surface area contributed by atoms with Gasteiger partial charge in [0.05, 0.1) is 17.8 Å². The van der Waals surface area contributed by atoms with Gasteiger partial charge in [0, 0.05) is 17.1 Å². The first-order chi connectivity index (χ1) is 14.7. The van der Waals surface area contributed by atoms with E-state index in [2.05, 4.69) is 85.0 Å². The Morgan fingerprint density at radius 2 is 2.00 bits per heavy atom. The highest BCUT2D eigenvalue weighted by Crippen LogP contribution is 2.29. The molecular formula is C26H30N2OS. The van der Waals surface area contributed by atoms with Crippen molar-refractivity contribution in [2.24, 2.45) is 0 Å². The van der Waals surface area contributed by atoms with Crippen molar-refractivity contribution in [3.63, 3.8) is 0 Å². The summed E-state index contributed by atoms with van der Waals surface area (Å²) in [7, 11) is 0.155. The summed E-state index contributed by atoms with van der Waals surface area (Å²) in [6.07, 6.45) is 13.9. The molecule has 30 heavy (non-hydrogen) atoms. The standard InChI is InChI=1S/C26H30N2OS/c1-30(2)18-17-29-20-28-26-19-23(22-11-7-4-8-12-22)14-15-24(26)25(27-28)16-13-21-9-5-3-6-10-21/h3-11,14-15,19,22H,1,12-13,16-18,20H2,2H3. The SMILES string of the molecule is C=S(C)CCOCn1nc(CCc2ccccc2)c2ccc(C3C=CC=CC3)cc21. The average molecular weight is 419 g/mol. The molecule has 1 aromatic heterocycles. The van der Waals surface area contributed by atoms with Crippen LogP contribution in [-0.4, -0.2) is 34.3 Å². The summed E-state index contributed by atoms with van der Waals surface area (Å²) < 4.78 is 7.98. The molecule has 0 amide bonds. The third-order valence-electron chi connectivity index (χ3n) is 5.54. The molecule has 1 aliphatic rings. The van der Waals surface area contributed by atoms with Gasteiger partial charge in [-0.1, -0.05) is 72.6 Å². The second-order valence-corrected chi connectivity index (χ2v) is 9.86. The maximum Gasteiger partial charge on any atom is 0.140 e. The van der Waals surface area contributed by atoms with E-state index in [0.29, 0.717) is 12.6 Å². The van der Waals surface area contributed by atoms with Crippen molar-refractivity contribution < 1.29 is 4.74 Å². The van der Waals surface area contributed by atoms with Gasteiger partial charge in [0.1, 0.15) is 6.73 Å². The van der Waals surface area contributed by atoms with Crippen molar-refractivity contribution in [3.05, 3.63) is 89.7 Å². The van der Waals surface area contributed by atoms with Crippen molar-refractivity contribution >= 4 is 27.3 Å². The molecule has 0 spiro atoms. The topological polar surface area (TPSA) is 27.1 Å². The summed E-state index contributed by atoms with van der Waals surface area (Å²) >= 11 is 0. The molecule has 0 saturated carbocycles. The van der Waals surface area contributed by atoms with Crippen molar-refractivity contribution in [2.45, 2.75) is 31.9 Å². The summed E-state index contributed by atoms with van der Waals surface area (Å²) in [5.41, 5.74) is 5.00. The van der Waals surface area contributed by atoms with Crippen molar-refractivity contribution in [1.82, 2.24) is 9.78 Å². The molecule has 0 radical (unpaired) electrons. The minimum Gasteiger partial charge on any atom is -0.358 e. The van der Waals surface area contributed by atoms with Gasteiger partial charge < -0.3 is 4.74 Å². The van der Waals surface area contributed by atoms with Crippen LogP contribution in [0.4, 0.5) is 0 Å². The smallest absolute Gasteiger partial charge is 0.140 e. The number of fused-ring (bicyclic) bond motifs is 1. The Balaban J connectivity index is 1.59. The fraction of sp³-hybridized carbons (Fsp3) is 0.308. The maximum atomic E-state index is 5.94.